The van der Waals surface area contributed by atoms with Crippen molar-refractivity contribution in [2.75, 3.05) is 0 Å². The molecule has 0 N–H and O–H groups in total. The highest BCUT2D eigenvalue weighted by atomic mass is 15.0. The summed E-state index contributed by atoms with van der Waals surface area (Å²) < 4.78 is 0. The van der Waals surface area contributed by atoms with Crippen LogP contribution in [0.1, 0.15) is 0 Å². The zero-order chi connectivity index (χ0) is 28.3. The molecule has 0 bridgehead atoms. The highest BCUT2D eigenvalue weighted by Gasteiger charge is 2.13. The Morgan fingerprint density at radius 3 is 1.38 bits per heavy atom. The van der Waals surface area contributed by atoms with Gasteiger partial charge in [0.2, 0.25) is 0 Å². The molecule has 1 heterocycles. The van der Waals surface area contributed by atoms with Crippen LogP contribution in [0.5, 0.6) is 0 Å². The SMILES string of the molecule is [C-]#[N+]c1cccc(-c2ccc(-c3ccc4ccc(-c5nc(-c6ccccc6)nc(-c6ccccc6)n5)cc4c3)cc2)c1. The number of nitrogens with zero attached hydrogens (tertiary/aromatic N) is 4. The first kappa shape index (κ1) is 25.1. The molecule has 7 aromatic rings. The molecule has 0 fully saturated rings. The van der Waals surface area contributed by atoms with Gasteiger partial charge in [0.15, 0.2) is 23.2 Å². The Morgan fingerprint density at radius 1 is 0.357 bits per heavy atom. The van der Waals surface area contributed by atoms with E-state index in [2.05, 4.69) is 65.5 Å². The van der Waals surface area contributed by atoms with E-state index in [1.54, 1.807) is 0 Å². The van der Waals surface area contributed by atoms with Crippen LogP contribution in [0.2, 0.25) is 0 Å². The molecule has 1 aromatic heterocycles. The van der Waals surface area contributed by atoms with Crippen molar-refractivity contribution in [2.24, 2.45) is 0 Å². The first-order valence-electron chi connectivity index (χ1n) is 13.7. The third-order valence-electron chi connectivity index (χ3n) is 7.32. The summed E-state index contributed by atoms with van der Waals surface area (Å²) in [7, 11) is 0. The molecule has 4 nitrogen and oxygen atoms in total. The van der Waals surface area contributed by atoms with E-state index in [4.69, 9.17) is 21.5 Å². The quantitative estimate of drug-likeness (QED) is 0.206. The molecule has 0 unspecified atom stereocenters. The standard InChI is InChI=1S/C38H24N4/c1-39-35-14-8-13-31(25-35)26-15-17-27(18-16-26)32-21-19-28-20-22-33(24-34(28)23-32)38-41-36(29-9-4-2-5-10-29)40-37(42-38)30-11-6-3-7-12-30/h2-25H. The van der Waals surface area contributed by atoms with E-state index in [-0.39, 0.29) is 0 Å². The second-order valence-electron chi connectivity index (χ2n) is 10.1. The Bertz CT molecular complexity index is 2020. The predicted molar refractivity (Wildman–Crippen MR) is 171 cm³/mol. The lowest BCUT2D eigenvalue weighted by Gasteiger charge is -2.10. The van der Waals surface area contributed by atoms with Gasteiger partial charge in [-0.25, -0.2) is 19.8 Å². The summed E-state index contributed by atoms with van der Waals surface area (Å²) in [5.74, 6) is 1.94. The van der Waals surface area contributed by atoms with E-state index in [0.29, 0.717) is 23.2 Å². The molecule has 0 saturated carbocycles. The lowest BCUT2D eigenvalue weighted by Crippen LogP contribution is -2.00. The van der Waals surface area contributed by atoms with Gasteiger partial charge < -0.3 is 0 Å². The van der Waals surface area contributed by atoms with Crippen molar-refractivity contribution in [3.63, 3.8) is 0 Å². The van der Waals surface area contributed by atoms with Gasteiger partial charge in [-0.15, -0.1) is 0 Å². The molecule has 7 rings (SSSR count). The maximum absolute atomic E-state index is 7.30. The molecule has 42 heavy (non-hydrogen) atoms. The fraction of sp³-hybridized carbons (Fsp3) is 0. The largest absolute Gasteiger partial charge is 0.238 e. The average molecular weight is 537 g/mol. The molecule has 0 aliphatic rings. The monoisotopic (exact) mass is 536 g/mol. The predicted octanol–water partition coefficient (Wildman–Crippen LogP) is 9.91. The van der Waals surface area contributed by atoms with Crippen molar-refractivity contribution < 1.29 is 0 Å². The van der Waals surface area contributed by atoms with Crippen LogP contribution < -0.4 is 0 Å². The molecular weight excluding hydrogens is 512 g/mol. The molecule has 0 atom stereocenters. The molecular formula is C38H24N4. The summed E-state index contributed by atoms with van der Waals surface area (Å²) in [5, 5.41) is 2.26. The van der Waals surface area contributed by atoms with Gasteiger partial charge >= 0.3 is 0 Å². The van der Waals surface area contributed by atoms with Gasteiger partial charge in [-0.3, -0.25) is 0 Å². The molecule has 4 heteroatoms. The highest BCUT2D eigenvalue weighted by Crippen LogP contribution is 2.31. The second kappa shape index (κ2) is 10.9. The van der Waals surface area contributed by atoms with Gasteiger partial charge in [0.25, 0.3) is 0 Å². The minimum Gasteiger partial charge on any atom is -0.238 e. The Balaban J connectivity index is 1.27. The van der Waals surface area contributed by atoms with Crippen LogP contribution in [0.15, 0.2) is 146 Å². The van der Waals surface area contributed by atoms with Crippen molar-refractivity contribution in [1.29, 1.82) is 0 Å². The smallest absolute Gasteiger partial charge is 0.187 e. The summed E-state index contributed by atoms with van der Waals surface area (Å²) in [6.45, 7) is 7.30. The molecule has 0 aliphatic carbocycles. The van der Waals surface area contributed by atoms with E-state index in [0.717, 1.165) is 49.7 Å². The van der Waals surface area contributed by atoms with Gasteiger partial charge in [-0.1, -0.05) is 127 Å². The number of rotatable bonds is 5. The fourth-order valence-corrected chi connectivity index (χ4v) is 5.11. The van der Waals surface area contributed by atoms with Crippen LogP contribution >= 0.6 is 0 Å². The molecule has 0 spiro atoms. The van der Waals surface area contributed by atoms with Crippen LogP contribution in [0.25, 0.3) is 72.0 Å². The van der Waals surface area contributed by atoms with Crippen LogP contribution in [-0.2, 0) is 0 Å². The number of hydrogen-bond donors (Lipinski definition) is 0. The van der Waals surface area contributed by atoms with E-state index < -0.39 is 0 Å². The zero-order valence-electron chi connectivity index (χ0n) is 22.6. The summed E-state index contributed by atoms with van der Waals surface area (Å²) in [6, 6.07) is 49.1. The third kappa shape index (κ3) is 5.03. The van der Waals surface area contributed by atoms with Crippen LogP contribution in [0.3, 0.4) is 0 Å². The van der Waals surface area contributed by atoms with E-state index >= 15 is 0 Å². The minimum atomic E-state index is 0.640. The maximum Gasteiger partial charge on any atom is 0.187 e. The normalized spacial score (nSPS) is 10.8. The van der Waals surface area contributed by atoms with Gasteiger partial charge in [0.1, 0.15) is 0 Å². The van der Waals surface area contributed by atoms with Crippen molar-refractivity contribution in [2.45, 2.75) is 0 Å². The zero-order valence-corrected chi connectivity index (χ0v) is 22.6. The summed E-state index contributed by atoms with van der Waals surface area (Å²) in [6.07, 6.45) is 0. The van der Waals surface area contributed by atoms with Gasteiger partial charge in [-0.05, 0) is 51.2 Å². The van der Waals surface area contributed by atoms with Crippen LogP contribution in [0.4, 0.5) is 5.69 Å². The van der Waals surface area contributed by atoms with E-state index in [1.165, 1.54) is 0 Å². The lowest BCUT2D eigenvalue weighted by atomic mass is 9.97. The third-order valence-corrected chi connectivity index (χ3v) is 7.32. The highest BCUT2D eigenvalue weighted by molar-refractivity contribution is 5.90. The van der Waals surface area contributed by atoms with Crippen LogP contribution in [0, 0.1) is 6.57 Å². The summed E-state index contributed by atoms with van der Waals surface area (Å²) >= 11 is 0. The maximum atomic E-state index is 7.30. The number of hydrogen-bond acceptors (Lipinski definition) is 3. The van der Waals surface area contributed by atoms with Crippen LogP contribution in [-0.4, -0.2) is 15.0 Å². The molecule has 0 saturated heterocycles. The van der Waals surface area contributed by atoms with Crippen molar-refractivity contribution in [1.82, 2.24) is 15.0 Å². The van der Waals surface area contributed by atoms with Crippen molar-refractivity contribution in [3.05, 3.63) is 157 Å². The molecule has 0 radical (unpaired) electrons. The fourth-order valence-electron chi connectivity index (χ4n) is 5.11. The first-order valence-corrected chi connectivity index (χ1v) is 13.7. The number of fused-ring (bicyclic) bond motifs is 1. The first-order chi connectivity index (χ1) is 20.7. The lowest BCUT2D eigenvalue weighted by molar-refractivity contribution is 1.07. The number of benzene rings is 6. The van der Waals surface area contributed by atoms with Crippen molar-refractivity contribution in [3.8, 4) is 56.4 Å². The molecule has 0 aliphatic heterocycles. The summed E-state index contributed by atoms with van der Waals surface area (Å²) in [5.41, 5.74) is 7.87. The second-order valence-corrected chi connectivity index (χ2v) is 10.1. The molecule has 196 valence electrons. The molecule has 6 aromatic carbocycles. The summed E-state index contributed by atoms with van der Waals surface area (Å²) in [4.78, 5) is 18.2. The van der Waals surface area contributed by atoms with Gasteiger partial charge in [-0.2, -0.15) is 0 Å². The average Bonchev–Trinajstić information content (AvgIpc) is 3.08. The molecule has 0 amide bonds. The minimum absolute atomic E-state index is 0.640. The Kier molecular flexibility index (Phi) is 6.52. The Morgan fingerprint density at radius 2 is 0.810 bits per heavy atom. The Labute approximate surface area is 244 Å². The van der Waals surface area contributed by atoms with E-state index in [9.17, 15) is 0 Å². The van der Waals surface area contributed by atoms with Gasteiger partial charge in [0.05, 0.1) is 6.57 Å². The van der Waals surface area contributed by atoms with Gasteiger partial charge in [0, 0.05) is 16.7 Å². The number of aromatic nitrogens is 3. The van der Waals surface area contributed by atoms with E-state index in [1.807, 2.05) is 84.9 Å². The Hall–Kier alpha value is -5.92. The topological polar surface area (TPSA) is 43.0 Å². The van der Waals surface area contributed by atoms with Crippen molar-refractivity contribution >= 4 is 16.5 Å².